The van der Waals surface area contributed by atoms with Crippen LogP contribution in [0.25, 0.3) is 0 Å². The summed E-state index contributed by atoms with van der Waals surface area (Å²) in [6.45, 7) is 5.72. The van der Waals surface area contributed by atoms with Crippen LogP contribution in [0.1, 0.15) is 19.8 Å². The normalized spacial score (nSPS) is 47.0. The Bertz CT molecular complexity index is 229. The van der Waals surface area contributed by atoms with Crippen molar-refractivity contribution in [3.8, 4) is 0 Å². The average molecular weight is 214 g/mol. The van der Waals surface area contributed by atoms with Gasteiger partial charge in [-0.3, -0.25) is 0 Å². The first kappa shape index (κ1) is 11.3. The fourth-order valence-electron chi connectivity index (χ4n) is 3.09. The molecule has 4 heteroatoms. The molecule has 0 aromatic heterocycles. The minimum atomic E-state index is -0.649. The molecule has 0 radical (unpaired) electrons. The third-order valence-corrected chi connectivity index (χ3v) is 4.36. The molecule has 2 saturated heterocycles. The fraction of sp³-hybridized carbons (Fsp3) is 1.00. The van der Waals surface area contributed by atoms with Crippen LogP contribution in [0.15, 0.2) is 0 Å². The number of hydrogen-bond donors (Lipinski definition) is 3. The molecule has 0 amide bonds. The fourth-order valence-corrected chi connectivity index (χ4v) is 3.09. The molecule has 4 N–H and O–H groups in total. The van der Waals surface area contributed by atoms with Crippen molar-refractivity contribution in [1.82, 2.24) is 5.32 Å². The molecular formula is C11H22N2O2. The summed E-state index contributed by atoms with van der Waals surface area (Å²) in [4.78, 5) is 0. The highest BCUT2D eigenvalue weighted by molar-refractivity contribution is 5.06. The molecule has 0 aromatic carbocycles. The quantitative estimate of drug-likeness (QED) is 0.591. The summed E-state index contributed by atoms with van der Waals surface area (Å²) in [5.74, 6) is 0.247. The van der Waals surface area contributed by atoms with Crippen molar-refractivity contribution in [3.63, 3.8) is 0 Å². The molecule has 2 rings (SSSR count). The zero-order chi connectivity index (χ0) is 10.9. The molecule has 88 valence electrons. The van der Waals surface area contributed by atoms with Crippen molar-refractivity contribution >= 4 is 0 Å². The molecule has 0 aliphatic carbocycles. The van der Waals surface area contributed by atoms with Gasteiger partial charge in [0.05, 0.1) is 12.2 Å². The Morgan fingerprint density at radius 3 is 2.87 bits per heavy atom. The molecule has 2 aliphatic rings. The van der Waals surface area contributed by atoms with Crippen LogP contribution in [0.3, 0.4) is 0 Å². The predicted octanol–water partition coefficient (Wildman–Crippen LogP) is -0.288. The van der Waals surface area contributed by atoms with Gasteiger partial charge in [-0.15, -0.1) is 0 Å². The van der Waals surface area contributed by atoms with Crippen LogP contribution >= 0.6 is 0 Å². The monoisotopic (exact) mass is 214 g/mol. The van der Waals surface area contributed by atoms with E-state index < -0.39 is 5.60 Å². The highest BCUT2D eigenvalue weighted by atomic mass is 16.5. The third-order valence-electron chi connectivity index (χ3n) is 4.36. The number of ether oxygens (including phenoxy) is 1. The lowest BCUT2D eigenvalue weighted by Crippen LogP contribution is -2.62. The standard InChI is InChI=1S/C11H22N2O2/c1-9-6-13-4-2-11(9,14)10(7-12)3-5-15-8-10/h9,13-14H,2-8,12H2,1H3. The van der Waals surface area contributed by atoms with Crippen molar-refractivity contribution in [2.24, 2.45) is 17.1 Å². The summed E-state index contributed by atoms with van der Waals surface area (Å²) < 4.78 is 5.46. The Labute approximate surface area is 91.2 Å². The largest absolute Gasteiger partial charge is 0.389 e. The van der Waals surface area contributed by atoms with E-state index in [1.165, 1.54) is 0 Å². The Morgan fingerprint density at radius 2 is 2.33 bits per heavy atom. The number of aliphatic hydroxyl groups is 1. The first-order valence-corrected chi connectivity index (χ1v) is 5.85. The van der Waals surface area contributed by atoms with Crippen LogP contribution in [0.4, 0.5) is 0 Å². The number of nitrogens with two attached hydrogens (primary N) is 1. The maximum absolute atomic E-state index is 10.9. The van der Waals surface area contributed by atoms with E-state index >= 15 is 0 Å². The molecule has 3 unspecified atom stereocenters. The Kier molecular flexibility index (Phi) is 3.03. The maximum Gasteiger partial charge on any atom is 0.0788 e. The second kappa shape index (κ2) is 4.01. The highest BCUT2D eigenvalue weighted by Gasteiger charge is 2.54. The van der Waals surface area contributed by atoms with Crippen LogP contribution in [-0.2, 0) is 4.74 Å². The van der Waals surface area contributed by atoms with Gasteiger partial charge in [-0.05, 0) is 25.3 Å². The number of hydrogen-bond acceptors (Lipinski definition) is 4. The van der Waals surface area contributed by atoms with Gasteiger partial charge in [0.15, 0.2) is 0 Å². The second-order valence-corrected chi connectivity index (χ2v) is 5.07. The van der Waals surface area contributed by atoms with Crippen LogP contribution < -0.4 is 11.1 Å². The molecule has 0 bridgehead atoms. The Morgan fingerprint density at radius 1 is 1.53 bits per heavy atom. The minimum Gasteiger partial charge on any atom is -0.389 e. The van der Waals surface area contributed by atoms with Crippen molar-refractivity contribution in [2.75, 3.05) is 32.8 Å². The highest BCUT2D eigenvalue weighted by Crippen LogP contribution is 2.45. The van der Waals surface area contributed by atoms with Gasteiger partial charge in [0, 0.05) is 25.1 Å². The molecule has 0 aromatic rings. The molecule has 4 nitrogen and oxygen atoms in total. The van der Waals surface area contributed by atoms with Gasteiger partial charge >= 0.3 is 0 Å². The molecule has 0 spiro atoms. The second-order valence-electron chi connectivity index (χ2n) is 5.07. The van der Waals surface area contributed by atoms with Gasteiger partial charge in [-0.1, -0.05) is 6.92 Å². The van der Waals surface area contributed by atoms with Crippen molar-refractivity contribution < 1.29 is 9.84 Å². The molecule has 2 aliphatic heterocycles. The zero-order valence-electron chi connectivity index (χ0n) is 9.46. The Hall–Kier alpha value is -0.160. The lowest BCUT2D eigenvalue weighted by atomic mass is 9.62. The Balaban J connectivity index is 2.24. The molecule has 3 atom stereocenters. The SMILES string of the molecule is CC1CNCCC1(O)C1(CN)CCOC1. The van der Waals surface area contributed by atoms with Crippen molar-refractivity contribution in [3.05, 3.63) is 0 Å². The summed E-state index contributed by atoms with van der Waals surface area (Å²) in [6.07, 6.45) is 1.68. The molecule has 2 fully saturated rings. The molecule has 0 saturated carbocycles. The van der Waals surface area contributed by atoms with Crippen LogP contribution in [-0.4, -0.2) is 43.6 Å². The van der Waals surface area contributed by atoms with Crippen LogP contribution in [0.5, 0.6) is 0 Å². The smallest absolute Gasteiger partial charge is 0.0788 e. The lowest BCUT2D eigenvalue weighted by molar-refractivity contribution is -0.134. The topological polar surface area (TPSA) is 67.5 Å². The van der Waals surface area contributed by atoms with Gasteiger partial charge in [-0.2, -0.15) is 0 Å². The van der Waals surface area contributed by atoms with E-state index in [1.54, 1.807) is 0 Å². The lowest BCUT2D eigenvalue weighted by Gasteiger charge is -2.50. The maximum atomic E-state index is 10.9. The molecule has 2 heterocycles. The van der Waals surface area contributed by atoms with E-state index in [9.17, 15) is 5.11 Å². The third kappa shape index (κ3) is 1.60. The summed E-state index contributed by atoms with van der Waals surface area (Å²) >= 11 is 0. The first-order chi connectivity index (χ1) is 7.15. The van der Waals surface area contributed by atoms with Gasteiger partial charge in [0.2, 0.25) is 0 Å². The van der Waals surface area contributed by atoms with E-state index in [4.69, 9.17) is 10.5 Å². The summed E-state index contributed by atoms with van der Waals surface area (Å²) in [7, 11) is 0. The van der Waals surface area contributed by atoms with Gasteiger partial charge < -0.3 is 20.9 Å². The summed E-state index contributed by atoms with van der Waals surface area (Å²) in [5, 5.41) is 14.2. The van der Waals surface area contributed by atoms with Crippen LogP contribution in [0, 0.1) is 11.3 Å². The summed E-state index contributed by atoms with van der Waals surface area (Å²) in [6, 6.07) is 0. The van der Waals surface area contributed by atoms with E-state index in [1.807, 2.05) is 0 Å². The van der Waals surface area contributed by atoms with E-state index in [-0.39, 0.29) is 11.3 Å². The predicted molar refractivity (Wildman–Crippen MR) is 58.5 cm³/mol. The minimum absolute atomic E-state index is 0.214. The number of rotatable bonds is 2. The van der Waals surface area contributed by atoms with E-state index in [2.05, 4.69) is 12.2 Å². The average Bonchev–Trinajstić information content (AvgIpc) is 2.72. The molecule has 15 heavy (non-hydrogen) atoms. The van der Waals surface area contributed by atoms with E-state index in [0.29, 0.717) is 13.2 Å². The van der Waals surface area contributed by atoms with E-state index in [0.717, 1.165) is 32.5 Å². The van der Waals surface area contributed by atoms with Crippen molar-refractivity contribution in [1.29, 1.82) is 0 Å². The van der Waals surface area contributed by atoms with Crippen LogP contribution in [0.2, 0.25) is 0 Å². The zero-order valence-corrected chi connectivity index (χ0v) is 9.46. The molecular weight excluding hydrogens is 192 g/mol. The summed E-state index contributed by atoms with van der Waals surface area (Å²) in [5.41, 5.74) is 5.02. The van der Waals surface area contributed by atoms with Gasteiger partial charge in [0.25, 0.3) is 0 Å². The van der Waals surface area contributed by atoms with Crippen molar-refractivity contribution in [2.45, 2.75) is 25.4 Å². The number of nitrogens with one attached hydrogen (secondary N) is 1. The first-order valence-electron chi connectivity index (χ1n) is 5.85. The number of piperidine rings is 1. The van der Waals surface area contributed by atoms with Gasteiger partial charge in [-0.25, -0.2) is 0 Å². The van der Waals surface area contributed by atoms with Gasteiger partial charge in [0.1, 0.15) is 0 Å².